The van der Waals surface area contributed by atoms with Crippen molar-refractivity contribution >= 4 is 31.9 Å². The lowest BCUT2D eigenvalue weighted by Gasteiger charge is -2.21. The number of hydrogen-bond donors (Lipinski definition) is 0. The van der Waals surface area contributed by atoms with Crippen LogP contribution in [0.2, 0.25) is 0 Å². The van der Waals surface area contributed by atoms with Crippen LogP contribution >= 0.6 is 31.9 Å². The molecule has 6 heteroatoms. The maximum atomic E-state index is 12.4. The van der Waals surface area contributed by atoms with Crippen LogP contribution in [-0.2, 0) is 0 Å². The molecule has 0 aliphatic carbocycles. The Morgan fingerprint density at radius 2 is 1.50 bits per heavy atom. The molecule has 0 saturated carbocycles. The van der Waals surface area contributed by atoms with E-state index in [-0.39, 0.29) is 0 Å². The van der Waals surface area contributed by atoms with E-state index in [4.69, 9.17) is 0 Å². The molecule has 0 rings (SSSR count). The van der Waals surface area contributed by atoms with Gasteiger partial charge in [0.05, 0.1) is 0 Å². The van der Waals surface area contributed by atoms with Gasteiger partial charge in [-0.15, -0.1) is 0 Å². The lowest BCUT2D eigenvalue weighted by molar-refractivity contribution is -0.139. The third-order valence-electron chi connectivity index (χ3n) is 0.732. The van der Waals surface area contributed by atoms with Gasteiger partial charge >= 0.3 is 6.18 Å². The van der Waals surface area contributed by atoms with Gasteiger partial charge in [-0.05, 0) is 22.9 Å². The molecular formula is C4H4Br2F4. The molecule has 0 radical (unpaired) electrons. The topological polar surface area (TPSA) is 0 Å². The van der Waals surface area contributed by atoms with Crippen LogP contribution in [0.25, 0.3) is 0 Å². The van der Waals surface area contributed by atoms with Gasteiger partial charge in [0.25, 0.3) is 0 Å². The normalized spacial score (nSPS) is 21.9. The Kier molecular flexibility index (Phi) is 3.17. The van der Waals surface area contributed by atoms with E-state index in [0.29, 0.717) is 0 Å². The molecule has 2 unspecified atom stereocenters. The second-order valence-corrected chi connectivity index (χ2v) is 4.33. The summed E-state index contributed by atoms with van der Waals surface area (Å²) in [5, 5.41) is 0. The molecule has 0 N–H and O–H groups in total. The first-order valence-corrected chi connectivity index (χ1v) is 3.95. The van der Waals surface area contributed by atoms with Crippen LogP contribution in [0.3, 0.4) is 0 Å². The SMILES string of the molecule is CC(F)(Br)C(Br)C(F)(F)F. The Morgan fingerprint density at radius 1 is 1.20 bits per heavy atom. The minimum Gasteiger partial charge on any atom is -0.230 e. The highest BCUT2D eigenvalue weighted by atomic mass is 79.9. The maximum absolute atomic E-state index is 12.4. The predicted octanol–water partition coefficient (Wildman–Crippen LogP) is 3.39. The van der Waals surface area contributed by atoms with Crippen LogP contribution in [0.15, 0.2) is 0 Å². The molecule has 0 fully saturated rings. The van der Waals surface area contributed by atoms with Crippen LogP contribution < -0.4 is 0 Å². The van der Waals surface area contributed by atoms with Gasteiger partial charge in [-0.3, -0.25) is 0 Å². The Morgan fingerprint density at radius 3 is 1.50 bits per heavy atom. The Hall–Kier alpha value is 0.680. The zero-order valence-corrected chi connectivity index (χ0v) is 8.02. The largest absolute Gasteiger partial charge is 0.405 e. The van der Waals surface area contributed by atoms with E-state index < -0.39 is 15.6 Å². The van der Waals surface area contributed by atoms with Gasteiger partial charge in [-0.2, -0.15) is 13.2 Å². The van der Waals surface area contributed by atoms with Gasteiger partial charge in [0.1, 0.15) is 0 Å². The molecule has 0 aromatic rings. The second kappa shape index (κ2) is 2.97. The summed E-state index contributed by atoms with van der Waals surface area (Å²) < 4.78 is 44.9. The summed E-state index contributed by atoms with van der Waals surface area (Å²) in [5.41, 5.74) is 0. The van der Waals surface area contributed by atoms with Crippen molar-refractivity contribution in [2.75, 3.05) is 0 Å². The van der Waals surface area contributed by atoms with Crippen molar-refractivity contribution in [3.05, 3.63) is 0 Å². The average Bonchev–Trinajstić information content (AvgIpc) is 1.59. The summed E-state index contributed by atoms with van der Waals surface area (Å²) in [6.07, 6.45) is -4.56. The molecule has 0 aliphatic rings. The number of rotatable bonds is 1. The highest BCUT2D eigenvalue weighted by Crippen LogP contribution is 2.39. The van der Waals surface area contributed by atoms with Crippen LogP contribution in [0.1, 0.15) is 6.92 Å². The zero-order valence-electron chi connectivity index (χ0n) is 4.85. The number of alkyl halides is 6. The standard InChI is InChI=1S/C4H4Br2F4/c1-3(6,7)2(5)4(8,9)10/h2H,1H3. The predicted molar refractivity (Wildman–Crippen MR) is 37.2 cm³/mol. The fourth-order valence-electron chi connectivity index (χ4n) is 0.287. The molecule has 0 aromatic heterocycles. The number of halogens is 6. The summed E-state index contributed by atoms with van der Waals surface area (Å²) in [4.78, 5) is -2.17. The van der Waals surface area contributed by atoms with Crippen molar-refractivity contribution in [2.24, 2.45) is 0 Å². The quantitative estimate of drug-likeness (QED) is 0.512. The summed E-state index contributed by atoms with van der Waals surface area (Å²) in [6, 6.07) is 0. The van der Waals surface area contributed by atoms with E-state index in [2.05, 4.69) is 31.9 Å². The zero-order chi connectivity index (χ0) is 8.58. The molecule has 0 aliphatic heterocycles. The van der Waals surface area contributed by atoms with Crippen molar-refractivity contribution in [1.82, 2.24) is 0 Å². The Labute approximate surface area is 72.2 Å². The first-order chi connectivity index (χ1) is 4.15. The molecule has 0 nitrogen and oxygen atoms in total. The van der Waals surface area contributed by atoms with Crippen molar-refractivity contribution in [1.29, 1.82) is 0 Å². The van der Waals surface area contributed by atoms with E-state index in [1.54, 1.807) is 0 Å². The lowest BCUT2D eigenvalue weighted by Crippen LogP contribution is -2.36. The van der Waals surface area contributed by atoms with Gasteiger partial charge in [-0.1, -0.05) is 15.9 Å². The van der Waals surface area contributed by atoms with Gasteiger partial charge < -0.3 is 0 Å². The van der Waals surface area contributed by atoms with Crippen LogP contribution in [0.5, 0.6) is 0 Å². The molecule has 62 valence electrons. The van der Waals surface area contributed by atoms with Crippen molar-refractivity contribution in [3.8, 4) is 0 Å². The molecule has 0 bridgehead atoms. The van der Waals surface area contributed by atoms with Crippen LogP contribution in [0, 0.1) is 0 Å². The highest BCUT2D eigenvalue weighted by molar-refractivity contribution is 9.12. The minimum absolute atomic E-state index is 0.792. The lowest BCUT2D eigenvalue weighted by atomic mass is 10.3. The number of hydrogen-bond acceptors (Lipinski definition) is 0. The van der Waals surface area contributed by atoms with Crippen molar-refractivity contribution < 1.29 is 17.6 Å². The van der Waals surface area contributed by atoms with Gasteiger partial charge in [0.2, 0.25) is 0 Å². The maximum Gasteiger partial charge on any atom is 0.405 e. The summed E-state index contributed by atoms with van der Waals surface area (Å²) >= 11 is 4.42. The minimum atomic E-state index is -4.56. The average molecular weight is 288 g/mol. The third-order valence-corrected chi connectivity index (χ3v) is 3.18. The summed E-state index contributed by atoms with van der Waals surface area (Å²) in [7, 11) is 0. The first kappa shape index (κ1) is 10.7. The monoisotopic (exact) mass is 286 g/mol. The first-order valence-electron chi connectivity index (χ1n) is 2.24. The molecule has 0 saturated heterocycles. The van der Waals surface area contributed by atoms with Crippen LogP contribution in [-0.4, -0.2) is 15.6 Å². The van der Waals surface area contributed by atoms with E-state index in [1.165, 1.54) is 0 Å². The van der Waals surface area contributed by atoms with E-state index in [1.807, 2.05) is 0 Å². The van der Waals surface area contributed by atoms with Gasteiger partial charge in [0, 0.05) is 0 Å². The van der Waals surface area contributed by atoms with Gasteiger partial charge in [0.15, 0.2) is 9.41 Å². The Balaban J connectivity index is 4.23. The highest BCUT2D eigenvalue weighted by Gasteiger charge is 2.49. The fourth-order valence-corrected chi connectivity index (χ4v) is 0.547. The fraction of sp³-hybridized carbons (Fsp3) is 1.00. The summed E-state index contributed by atoms with van der Waals surface area (Å²) in [6.45, 7) is 0.792. The van der Waals surface area contributed by atoms with Gasteiger partial charge in [-0.25, -0.2) is 4.39 Å². The Bertz CT molecular complexity index is 99.4. The molecule has 0 aromatic carbocycles. The van der Waals surface area contributed by atoms with E-state index in [0.717, 1.165) is 6.92 Å². The van der Waals surface area contributed by atoms with Crippen molar-refractivity contribution in [3.63, 3.8) is 0 Å². The van der Waals surface area contributed by atoms with Crippen LogP contribution in [0.4, 0.5) is 17.6 Å². The molecule has 0 amide bonds. The van der Waals surface area contributed by atoms with E-state index in [9.17, 15) is 17.6 Å². The molecule has 0 heterocycles. The summed E-state index contributed by atoms with van der Waals surface area (Å²) in [5.74, 6) is 0. The second-order valence-electron chi connectivity index (χ2n) is 1.86. The molecule has 0 spiro atoms. The molecule has 2 atom stereocenters. The third kappa shape index (κ3) is 3.18. The van der Waals surface area contributed by atoms with E-state index >= 15 is 0 Å². The van der Waals surface area contributed by atoms with Crippen molar-refractivity contribution in [2.45, 2.75) is 22.5 Å². The molecular weight excluding hydrogens is 284 g/mol. The smallest absolute Gasteiger partial charge is 0.230 e. The molecule has 10 heavy (non-hydrogen) atoms.